The number of ether oxygens (including phenoxy) is 1. The monoisotopic (exact) mass is 444 g/mol. The van der Waals surface area contributed by atoms with Crippen LogP contribution in [0.5, 0.6) is 5.75 Å². The minimum Gasteiger partial charge on any atom is -0.493 e. The average molecular weight is 444 g/mol. The third-order valence-electron chi connectivity index (χ3n) is 6.11. The predicted molar refractivity (Wildman–Crippen MR) is 123 cm³/mol. The number of hydrogen-bond donors (Lipinski definition) is 0. The second-order valence-electron chi connectivity index (χ2n) is 8.20. The van der Waals surface area contributed by atoms with E-state index in [0.29, 0.717) is 36.7 Å². The predicted octanol–water partition coefficient (Wildman–Crippen LogP) is 3.61. The maximum absolute atomic E-state index is 13.0. The Hall–Kier alpha value is -3.94. The molecule has 1 aromatic carbocycles. The van der Waals surface area contributed by atoms with Crippen LogP contribution in [0.3, 0.4) is 0 Å². The molecule has 0 spiro atoms. The Kier molecular flexibility index (Phi) is 5.64. The van der Waals surface area contributed by atoms with Crippen molar-refractivity contribution in [3.63, 3.8) is 0 Å². The first kappa shape index (κ1) is 20.9. The summed E-state index contributed by atoms with van der Waals surface area (Å²) in [5, 5.41) is 5.39. The highest BCUT2D eigenvalue weighted by molar-refractivity contribution is 5.97. The molecule has 0 unspecified atom stereocenters. The molecular weight excluding hydrogens is 420 g/mol. The van der Waals surface area contributed by atoms with Crippen LogP contribution in [-0.2, 0) is 6.54 Å². The molecule has 0 saturated carbocycles. The van der Waals surface area contributed by atoms with Crippen molar-refractivity contribution in [3.8, 4) is 17.0 Å². The summed E-state index contributed by atoms with van der Waals surface area (Å²) in [6.45, 7) is 1.74. The number of carbonyl (C=O) groups excluding carboxylic acids is 1. The highest BCUT2D eigenvalue weighted by Gasteiger charge is 2.26. The van der Waals surface area contributed by atoms with Crippen molar-refractivity contribution in [1.82, 2.24) is 19.7 Å². The Bertz CT molecular complexity index is 1340. The third kappa shape index (κ3) is 4.24. The van der Waals surface area contributed by atoms with E-state index >= 15 is 0 Å². The molecule has 0 aliphatic carbocycles. The molecule has 1 fully saturated rings. The van der Waals surface area contributed by atoms with Crippen LogP contribution in [-0.4, -0.2) is 45.8 Å². The first-order valence-electron chi connectivity index (χ1n) is 11.0. The van der Waals surface area contributed by atoms with Gasteiger partial charge < -0.3 is 14.1 Å². The fourth-order valence-corrected chi connectivity index (χ4v) is 4.28. The van der Waals surface area contributed by atoms with Crippen LogP contribution < -0.4 is 10.3 Å². The SMILES string of the molecule is COc1cccc2cc(C(=O)N3CCC(Cn4nc(-c5ccncc5)ccc4=O)CC3)oc12. The Morgan fingerprint density at radius 3 is 2.67 bits per heavy atom. The number of methoxy groups -OCH3 is 1. The summed E-state index contributed by atoms with van der Waals surface area (Å²) in [5.41, 5.74) is 2.12. The Labute approximate surface area is 190 Å². The molecule has 0 N–H and O–H groups in total. The molecule has 168 valence electrons. The standard InChI is InChI=1S/C25H24N4O4/c1-32-21-4-2-3-19-15-22(33-24(19)21)25(31)28-13-9-17(10-14-28)16-29-23(30)6-5-20(27-29)18-7-11-26-12-8-18/h2-8,11-12,15,17H,9-10,13-14,16H2,1H3. The summed E-state index contributed by atoms with van der Waals surface area (Å²) in [6.07, 6.45) is 5.00. The molecule has 8 heteroatoms. The number of hydrogen-bond acceptors (Lipinski definition) is 6. The summed E-state index contributed by atoms with van der Waals surface area (Å²) < 4.78 is 12.7. The van der Waals surface area contributed by atoms with Gasteiger partial charge in [0.1, 0.15) is 0 Å². The number of amides is 1. The number of furan rings is 1. The highest BCUT2D eigenvalue weighted by atomic mass is 16.5. The van der Waals surface area contributed by atoms with Crippen LogP contribution >= 0.6 is 0 Å². The molecule has 5 rings (SSSR count). The van der Waals surface area contributed by atoms with Crippen LogP contribution in [0.15, 0.2) is 70.1 Å². The smallest absolute Gasteiger partial charge is 0.289 e. The van der Waals surface area contributed by atoms with Crippen LogP contribution in [0, 0.1) is 5.92 Å². The van der Waals surface area contributed by atoms with Crippen molar-refractivity contribution in [1.29, 1.82) is 0 Å². The number of nitrogens with zero attached hydrogens (tertiary/aromatic N) is 4. The van der Waals surface area contributed by atoms with Gasteiger partial charge in [-0.15, -0.1) is 0 Å². The molecule has 4 heterocycles. The summed E-state index contributed by atoms with van der Waals surface area (Å²) in [6, 6.07) is 14.4. The first-order chi connectivity index (χ1) is 16.1. The molecule has 33 heavy (non-hydrogen) atoms. The van der Waals surface area contributed by atoms with Crippen LogP contribution in [0.4, 0.5) is 0 Å². The quantitative estimate of drug-likeness (QED) is 0.467. The number of pyridine rings is 1. The summed E-state index contributed by atoms with van der Waals surface area (Å²) >= 11 is 0. The lowest BCUT2D eigenvalue weighted by Crippen LogP contribution is -2.40. The number of benzene rings is 1. The lowest BCUT2D eigenvalue weighted by molar-refractivity contribution is 0.0651. The van der Waals surface area contributed by atoms with E-state index in [9.17, 15) is 9.59 Å². The van der Waals surface area contributed by atoms with Gasteiger partial charge in [0, 0.05) is 49.0 Å². The van der Waals surface area contributed by atoms with Gasteiger partial charge in [-0.05, 0) is 49.1 Å². The molecule has 0 radical (unpaired) electrons. The molecule has 1 amide bonds. The molecule has 3 aromatic heterocycles. The van der Waals surface area contributed by atoms with E-state index < -0.39 is 0 Å². The van der Waals surface area contributed by atoms with E-state index in [2.05, 4.69) is 10.1 Å². The minimum atomic E-state index is -0.123. The fourth-order valence-electron chi connectivity index (χ4n) is 4.28. The Morgan fingerprint density at radius 2 is 1.91 bits per heavy atom. The van der Waals surface area contributed by atoms with Gasteiger partial charge >= 0.3 is 0 Å². The van der Waals surface area contributed by atoms with Crippen molar-refractivity contribution >= 4 is 16.9 Å². The largest absolute Gasteiger partial charge is 0.493 e. The molecule has 0 bridgehead atoms. The number of likely N-dealkylation sites (tertiary alicyclic amines) is 1. The van der Waals surface area contributed by atoms with E-state index in [0.717, 1.165) is 29.5 Å². The maximum atomic E-state index is 13.0. The Balaban J connectivity index is 1.25. The van der Waals surface area contributed by atoms with Crippen LogP contribution in [0.2, 0.25) is 0 Å². The minimum absolute atomic E-state index is 0.123. The number of fused-ring (bicyclic) bond motifs is 1. The topological polar surface area (TPSA) is 90.5 Å². The number of aromatic nitrogens is 3. The van der Waals surface area contributed by atoms with Crippen molar-refractivity contribution in [2.45, 2.75) is 19.4 Å². The zero-order chi connectivity index (χ0) is 22.8. The van der Waals surface area contributed by atoms with Crippen molar-refractivity contribution < 1.29 is 13.9 Å². The van der Waals surface area contributed by atoms with E-state index in [-0.39, 0.29) is 17.4 Å². The summed E-state index contributed by atoms with van der Waals surface area (Å²) in [7, 11) is 1.58. The summed E-state index contributed by atoms with van der Waals surface area (Å²) in [5.74, 6) is 1.07. The van der Waals surface area contributed by atoms with Gasteiger partial charge in [0.25, 0.3) is 11.5 Å². The number of carbonyl (C=O) groups is 1. The van der Waals surface area contributed by atoms with Gasteiger partial charge in [-0.1, -0.05) is 12.1 Å². The molecular formula is C25H24N4O4. The average Bonchev–Trinajstić information content (AvgIpc) is 3.30. The molecule has 1 aliphatic heterocycles. The first-order valence-corrected chi connectivity index (χ1v) is 11.0. The Morgan fingerprint density at radius 1 is 1.12 bits per heavy atom. The second kappa shape index (κ2) is 8.90. The molecule has 1 aliphatic rings. The maximum Gasteiger partial charge on any atom is 0.289 e. The lowest BCUT2D eigenvalue weighted by atomic mass is 9.96. The third-order valence-corrected chi connectivity index (χ3v) is 6.11. The van der Waals surface area contributed by atoms with E-state index in [1.807, 2.05) is 35.2 Å². The zero-order valence-corrected chi connectivity index (χ0v) is 18.3. The molecule has 4 aromatic rings. The number of piperidine rings is 1. The lowest BCUT2D eigenvalue weighted by Gasteiger charge is -2.31. The van der Waals surface area contributed by atoms with Gasteiger partial charge in [0.2, 0.25) is 0 Å². The molecule has 8 nitrogen and oxygen atoms in total. The van der Waals surface area contributed by atoms with E-state index in [4.69, 9.17) is 9.15 Å². The summed E-state index contributed by atoms with van der Waals surface area (Å²) in [4.78, 5) is 31.2. The van der Waals surface area contributed by atoms with Crippen molar-refractivity contribution in [2.75, 3.05) is 20.2 Å². The van der Waals surface area contributed by atoms with E-state index in [1.165, 1.54) is 4.68 Å². The van der Waals surface area contributed by atoms with Gasteiger partial charge in [-0.2, -0.15) is 5.10 Å². The molecule has 0 atom stereocenters. The van der Waals surface area contributed by atoms with Crippen molar-refractivity contribution in [2.24, 2.45) is 5.92 Å². The van der Waals surface area contributed by atoms with Gasteiger partial charge in [0.15, 0.2) is 17.1 Å². The number of para-hydroxylation sites is 1. The van der Waals surface area contributed by atoms with Crippen molar-refractivity contribution in [3.05, 3.63) is 77.0 Å². The normalized spacial score (nSPS) is 14.5. The van der Waals surface area contributed by atoms with Gasteiger partial charge in [-0.25, -0.2) is 4.68 Å². The van der Waals surface area contributed by atoms with Crippen LogP contribution in [0.25, 0.3) is 22.2 Å². The van der Waals surface area contributed by atoms with Gasteiger partial charge in [-0.3, -0.25) is 14.6 Å². The van der Waals surface area contributed by atoms with E-state index in [1.54, 1.807) is 37.7 Å². The second-order valence-corrected chi connectivity index (χ2v) is 8.20. The highest BCUT2D eigenvalue weighted by Crippen LogP contribution is 2.30. The van der Waals surface area contributed by atoms with Crippen LogP contribution in [0.1, 0.15) is 23.4 Å². The number of rotatable bonds is 5. The molecule has 1 saturated heterocycles. The fraction of sp³-hybridized carbons (Fsp3) is 0.280. The zero-order valence-electron chi connectivity index (χ0n) is 18.3. The van der Waals surface area contributed by atoms with Gasteiger partial charge in [0.05, 0.1) is 12.8 Å².